The zero-order valence-corrected chi connectivity index (χ0v) is 14.9. The first-order valence-electron chi connectivity index (χ1n) is 8.59. The smallest absolute Gasteiger partial charge is 0.227 e. The number of amides is 1. The van der Waals surface area contributed by atoms with E-state index in [0.29, 0.717) is 5.91 Å². The molecule has 2 aliphatic rings. The van der Waals surface area contributed by atoms with Crippen molar-refractivity contribution in [3.63, 3.8) is 0 Å². The van der Waals surface area contributed by atoms with Crippen molar-refractivity contribution >= 4 is 23.5 Å². The normalized spacial score (nSPS) is 23.1. The summed E-state index contributed by atoms with van der Waals surface area (Å²) in [5.74, 6) is 2.11. The number of hydrogen-bond donors (Lipinski definition) is 0. The Morgan fingerprint density at radius 2 is 1.96 bits per heavy atom. The van der Waals surface area contributed by atoms with Gasteiger partial charge in [0.2, 0.25) is 5.91 Å². The van der Waals surface area contributed by atoms with Gasteiger partial charge in [0.25, 0.3) is 0 Å². The van der Waals surface area contributed by atoms with Crippen molar-refractivity contribution in [1.29, 1.82) is 0 Å². The topological polar surface area (TPSA) is 49.3 Å². The molecule has 0 bridgehead atoms. The largest absolute Gasteiger partial charge is 0.354 e. The summed E-state index contributed by atoms with van der Waals surface area (Å²) in [6, 6.07) is 4.03. The molecule has 2 aliphatic heterocycles. The summed E-state index contributed by atoms with van der Waals surface area (Å²) in [4.78, 5) is 17.1. The van der Waals surface area contributed by atoms with Crippen LogP contribution >= 0.6 is 11.8 Å². The lowest BCUT2D eigenvalue weighted by Gasteiger charge is -2.37. The van der Waals surface area contributed by atoms with Crippen LogP contribution in [0.15, 0.2) is 17.2 Å². The summed E-state index contributed by atoms with van der Waals surface area (Å²) >= 11 is 1.60. The lowest BCUT2D eigenvalue weighted by molar-refractivity contribution is -0.137. The van der Waals surface area contributed by atoms with Gasteiger partial charge in [-0.15, -0.1) is 22.0 Å². The molecule has 5 nitrogen and oxygen atoms in total. The maximum Gasteiger partial charge on any atom is 0.227 e. The molecule has 0 unspecified atom stereocenters. The van der Waals surface area contributed by atoms with Crippen LogP contribution in [0.1, 0.15) is 32.6 Å². The molecular formula is C17H26N4OS. The van der Waals surface area contributed by atoms with E-state index >= 15 is 0 Å². The molecule has 3 heterocycles. The molecule has 3 rings (SSSR count). The standard InChI is InChI=1S/C17H26N4OS/c1-13-7-10-20(11-8-13)17(22)14-4-3-9-21(12-14)15-5-6-16(23-2)19-18-15/h5-6,13-14H,3-4,7-12H2,1-2H3/t14-/m0/s1. The molecule has 0 aromatic carbocycles. The molecule has 1 aromatic heterocycles. The molecule has 2 saturated heterocycles. The molecule has 0 aliphatic carbocycles. The van der Waals surface area contributed by atoms with E-state index in [1.165, 1.54) is 0 Å². The third-order valence-electron chi connectivity index (χ3n) is 5.03. The third-order valence-corrected chi connectivity index (χ3v) is 5.66. The number of likely N-dealkylation sites (tertiary alicyclic amines) is 1. The zero-order valence-electron chi connectivity index (χ0n) is 14.1. The summed E-state index contributed by atoms with van der Waals surface area (Å²) in [7, 11) is 0. The molecular weight excluding hydrogens is 308 g/mol. The van der Waals surface area contributed by atoms with Gasteiger partial charge in [0.05, 0.1) is 5.92 Å². The van der Waals surface area contributed by atoms with E-state index in [4.69, 9.17) is 0 Å². The van der Waals surface area contributed by atoms with Crippen LogP contribution in [0.3, 0.4) is 0 Å². The van der Waals surface area contributed by atoms with Crippen molar-refractivity contribution in [3.05, 3.63) is 12.1 Å². The Morgan fingerprint density at radius 3 is 2.61 bits per heavy atom. The first-order valence-corrected chi connectivity index (χ1v) is 9.81. The molecule has 1 atom stereocenters. The molecule has 0 saturated carbocycles. The highest BCUT2D eigenvalue weighted by Gasteiger charge is 2.31. The lowest BCUT2D eigenvalue weighted by atomic mass is 9.93. The predicted molar refractivity (Wildman–Crippen MR) is 93.7 cm³/mol. The van der Waals surface area contributed by atoms with Gasteiger partial charge in [-0.1, -0.05) is 6.92 Å². The molecule has 2 fully saturated rings. The Balaban J connectivity index is 1.62. The van der Waals surface area contributed by atoms with Gasteiger partial charge in [-0.3, -0.25) is 4.79 Å². The number of rotatable bonds is 3. The molecule has 0 radical (unpaired) electrons. The maximum atomic E-state index is 12.8. The summed E-state index contributed by atoms with van der Waals surface area (Å²) in [5.41, 5.74) is 0. The van der Waals surface area contributed by atoms with E-state index in [1.807, 2.05) is 18.4 Å². The molecule has 0 N–H and O–H groups in total. The zero-order chi connectivity index (χ0) is 16.2. The van der Waals surface area contributed by atoms with Crippen LogP contribution in [0.4, 0.5) is 5.82 Å². The number of nitrogens with zero attached hydrogens (tertiary/aromatic N) is 4. The Morgan fingerprint density at radius 1 is 1.17 bits per heavy atom. The second-order valence-electron chi connectivity index (χ2n) is 6.73. The van der Waals surface area contributed by atoms with Crippen molar-refractivity contribution < 1.29 is 4.79 Å². The van der Waals surface area contributed by atoms with E-state index in [9.17, 15) is 4.79 Å². The molecule has 23 heavy (non-hydrogen) atoms. The number of hydrogen-bond acceptors (Lipinski definition) is 5. The maximum absolute atomic E-state index is 12.8. The number of carbonyl (C=O) groups excluding carboxylic acids is 1. The fourth-order valence-corrected chi connectivity index (χ4v) is 3.79. The Bertz CT molecular complexity index is 528. The van der Waals surface area contributed by atoms with Gasteiger partial charge in [0, 0.05) is 26.2 Å². The number of carbonyl (C=O) groups is 1. The molecule has 126 valence electrons. The summed E-state index contributed by atoms with van der Waals surface area (Å²) in [6.45, 7) is 5.88. The van der Waals surface area contributed by atoms with Gasteiger partial charge in [-0.2, -0.15) is 0 Å². The minimum Gasteiger partial charge on any atom is -0.354 e. The Labute approximate surface area is 142 Å². The Hall–Kier alpha value is -1.30. The summed E-state index contributed by atoms with van der Waals surface area (Å²) < 4.78 is 0. The van der Waals surface area contributed by atoms with Crippen LogP contribution < -0.4 is 4.90 Å². The van der Waals surface area contributed by atoms with Crippen LogP contribution in [0.25, 0.3) is 0 Å². The first-order chi connectivity index (χ1) is 11.2. The SMILES string of the molecule is CSc1ccc(N2CCC[C@H](C(=O)N3CCC(C)CC3)C2)nn1. The van der Waals surface area contributed by atoms with Gasteiger partial charge in [-0.25, -0.2) is 0 Å². The molecule has 1 amide bonds. The van der Waals surface area contributed by atoms with E-state index in [-0.39, 0.29) is 5.92 Å². The molecule has 0 spiro atoms. The quantitative estimate of drug-likeness (QED) is 0.796. The molecule has 6 heteroatoms. The number of aromatic nitrogens is 2. The van der Waals surface area contributed by atoms with E-state index < -0.39 is 0 Å². The van der Waals surface area contributed by atoms with Crippen LogP contribution in [0, 0.1) is 11.8 Å². The van der Waals surface area contributed by atoms with Crippen LogP contribution in [-0.4, -0.2) is 53.4 Å². The van der Waals surface area contributed by atoms with Gasteiger partial charge in [0.15, 0.2) is 5.82 Å². The lowest BCUT2D eigenvalue weighted by Crippen LogP contribution is -2.47. The summed E-state index contributed by atoms with van der Waals surface area (Å²) in [6.07, 6.45) is 6.33. The fraction of sp³-hybridized carbons (Fsp3) is 0.706. The highest BCUT2D eigenvalue weighted by atomic mass is 32.2. The average Bonchev–Trinajstić information content (AvgIpc) is 2.62. The van der Waals surface area contributed by atoms with Crippen molar-refractivity contribution in [2.75, 3.05) is 37.3 Å². The van der Waals surface area contributed by atoms with Gasteiger partial charge in [0.1, 0.15) is 5.03 Å². The fourth-order valence-electron chi connectivity index (χ4n) is 3.46. The van der Waals surface area contributed by atoms with Crippen LogP contribution in [-0.2, 0) is 4.79 Å². The summed E-state index contributed by atoms with van der Waals surface area (Å²) in [5, 5.41) is 9.47. The van der Waals surface area contributed by atoms with E-state index in [2.05, 4.69) is 26.9 Å². The van der Waals surface area contributed by atoms with Gasteiger partial charge < -0.3 is 9.80 Å². The molecule has 1 aromatic rings. The van der Waals surface area contributed by atoms with Gasteiger partial charge in [-0.05, 0) is 50.0 Å². The van der Waals surface area contributed by atoms with Crippen molar-refractivity contribution in [1.82, 2.24) is 15.1 Å². The van der Waals surface area contributed by atoms with E-state index in [1.54, 1.807) is 11.8 Å². The van der Waals surface area contributed by atoms with Crippen molar-refractivity contribution in [2.45, 2.75) is 37.6 Å². The minimum atomic E-state index is 0.110. The second kappa shape index (κ2) is 7.51. The number of thioether (sulfide) groups is 1. The minimum absolute atomic E-state index is 0.110. The Kier molecular flexibility index (Phi) is 5.41. The van der Waals surface area contributed by atoms with Gasteiger partial charge >= 0.3 is 0 Å². The van der Waals surface area contributed by atoms with Crippen molar-refractivity contribution in [2.24, 2.45) is 11.8 Å². The van der Waals surface area contributed by atoms with E-state index in [0.717, 1.165) is 68.6 Å². The van der Waals surface area contributed by atoms with Crippen molar-refractivity contribution in [3.8, 4) is 0 Å². The number of piperidine rings is 2. The van der Waals surface area contributed by atoms with Crippen LogP contribution in [0.2, 0.25) is 0 Å². The second-order valence-corrected chi connectivity index (χ2v) is 7.55. The average molecular weight is 334 g/mol. The monoisotopic (exact) mass is 334 g/mol. The highest BCUT2D eigenvalue weighted by Crippen LogP contribution is 2.25. The van der Waals surface area contributed by atoms with Crippen LogP contribution in [0.5, 0.6) is 0 Å². The third kappa shape index (κ3) is 3.97. The number of anilines is 1. The highest BCUT2D eigenvalue weighted by molar-refractivity contribution is 7.98. The first kappa shape index (κ1) is 16.6. The predicted octanol–water partition coefficient (Wildman–Crippen LogP) is 2.67.